The molecule has 1 N–H and O–H groups in total. The first-order valence-electron chi connectivity index (χ1n) is 6.36. The van der Waals surface area contributed by atoms with Gasteiger partial charge in [0.1, 0.15) is 16.5 Å². The van der Waals surface area contributed by atoms with Crippen molar-refractivity contribution in [2.24, 2.45) is 0 Å². The van der Waals surface area contributed by atoms with Crippen molar-refractivity contribution in [2.45, 2.75) is 18.0 Å². The largest absolute Gasteiger partial charge is 0.372 e. The zero-order chi connectivity index (χ0) is 15.0. The lowest BCUT2D eigenvalue weighted by Crippen LogP contribution is -2.38. The van der Waals surface area contributed by atoms with Gasteiger partial charge >= 0.3 is 0 Å². The van der Waals surface area contributed by atoms with Gasteiger partial charge in [0.2, 0.25) is 10.0 Å². The van der Waals surface area contributed by atoms with Crippen molar-refractivity contribution >= 4 is 27.4 Å². The van der Waals surface area contributed by atoms with Gasteiger partial charge in [0.15, 0.2) is 0 Å². The van der Waals surface area contributed by atoms with E-state index in [1.807, 2.05) is 10.8 Å². The molecule has 3 heterocycles. The molecule has 1 aliphatic rings. The van der Waals surface area contributed by atoms with E-state index in [0.29, 0.717) is 18.9 Å². The SMILES string of the molecule is CNc1ncc(S(=O)(=O)N2CCn3ccnc3C2)cc1Cl. The third-order valence-corrected chi connectivity index (χ3v) is 5.50. The second-order valence-corrected chi connectivity index (χ2v) is 6.97. The van der Waals surface area contributed by atoms with Gasteiger partial charge in [-0.2, -0.15) is 4.31 Å². The van der Waals surface area contributed by atoms with Crippen molar-refractivity contribution < 1.29 is 8.42 Å². The molecule has 21 heavy (non-hydrogen) atoms. The van der Waals surface area contributed by atoms with Crippen molar-refractivity contribution in [1.82, 2.24) is 18.8 Å². The zero-order valence-electron chi connectivity index (χ0n) is 11.3. The molecule has 0 saturated carbocycles. The normalized spacial score (nSPS) is 15.7. The zero-order valence-corrected chi connectivity index (χ0v) is 12.9. The fourth-order valence-electron chi connectivity index (χ4n) is 2.25. The monoisotopic (exact) mass is 327 g/mol. The van der Waals surface area contributed by atoms with Crippen LogP contribution in [0.5, 0.6) is 0 Å². The second-order valence-electron chi connectivity index (χ2n) is 4.63. The van der Waals surface area contributed by atoms with Crippen LogP contribution in [0.1, 0.15) is 5.82 Å². The van der Waals surface area contributed by atoms with Gasteiger partial charge in [-0.3, -0.25) is 0 Å². The van der Waals surface area contributed by atoms with E-state index >= 15 is 0 Å². The maximum atomic E-state index is 12.6. The Balaban J connectivity index is 1.93. The summed E-state index contributed by atoms with van der Waals surface area (Å²) in [7, 11) is -1.95. The highest BCUT2D eigenvalue weighted by Crippen LogP contribution is 2.26. The van der Waals surface area contributed by atoms with Crippen LogP contribution in [0, 0.1) is 0 Å². The number of nitrogens with zero attached hydrogens (tertiary/aromatic N) is 4. The van der Waals surface area contributed by atoms with E-state index in [9.17, 15) is 8.42 Å². The highest BCUT2D eigenvalue weighted by Gasteiger charge is 2.29. The van der Waals surface area contributed by atoms with E-state index in [1.165, 1.54) is 16.6 Å². The quantitative estimate of drug-likeness (QED) is 0.915. The first kappa shape index (κ1) is 14.3. The van der Waals surface area contributed by atoms with Crippen LogP contribution in [0.3, 0.4) is 0 Å². The molecule has 112 valence electrons. The van der Waals surface area contributed by atoms with Gasteiger partial charge in [-0.15, -0.1) is 0 Å². The molecule has 0 amide bonds. The molecule has 2 aromatic rings. The number of sulfonamides is 1. The average molecular weight is 328 g/mol. The first-order chi connectivity index (χ1) is 10.0. The molecule has 0 spiro atoms. The Morgan fingerprint density at radius 1 is 1.33 bits per heavy atom. The molecule has 0 radical (unpaired) electrons. The van der Waals surface area contributed by atoms with Crippen LogP contribution >= 0.6 is 11.6 Å². The summed E-state index contributed by atoms with van der Waals surface area (Å²) in [5.74, 6) is 1.18. The first-order valence-corrected chi connectivity index (χ1v) is 8.17. The van der Waals surface area contributed by atoms with Crippen LogP contribution in [-0.2, 0) is 23.1 Å². The van der Waals surface area contributed by atoms with Gasteiger partial charge in [-0.05, 0) is 6.07 Å². The maximum Gasteiger partial charge on any atom is 0.245 e. The third-order valence-electron chi connectivity index (χ3n) is 3.40. The fraction of sp³-hybridized carbons (Fsp3) is 0.333. The number of aromatic nitrogens is 3. The van der Waals surface area contributed by atoms with E-state index in [1.54, 1.807) is 13.2 Å². The Hall–Kier alpha value is -1.64. The summed E-state index contributed by atoms with van der Waals surface area (Å²) in [5.41, 5.74) is 0. The van der Waals surface area contributed by atoms with Gasteiger partial charge in [0.25, 0.3) is 0 Å². The summed E-state index contributed by atoms with van der Waals surface area (Å²) >= 11 is 6.01. The standard InChI is InChI=1S/C12H14ClN5O2S/c1-14-12-10(13)6-9(7-16-12)21(19,20)18-5-4-17-3-2-15-11(17)8-18/h2-3,6-7H,4-5,8H2,1H3,(H,14,16). The minimum Gasteiger partial charge on any atom is -0.372 e. The van der Waals surface area contributed by atoms with E-state index < -0.39 is 10.0 Å². The molecule has 0 unspecified atom stereocenters. The molecule has 9 heteroatoms. The Morgan fingerprint density at radius 3 is 2.86 bits per heavy atom. The Bertz CT molecular complexity index is 774. The van der Waals surface area contributed by atoms with Gasteiger partial charge in [0.05, 0.1) is 11.6 Å². The molecule has 1 aliphatic heterocycles. The van der Waals surface area contributed by atoms with Crippen LogP contribution in [0.2, 0.25) is 5.02 Å². The number of hydrogen-bond donors (Lipinski definition) is 1. The summed E-state index contributed by atoms with van der Waals surface area (Å²) in [6.45, 7) is 1.24. The Kier molecular flexibility index (Phi) is 3.60. The topological polar surface area (TPSA) is 80.1 Å². The van der Waals surface area contributed by atoms with E-state index in [2.05, 4.69) is 15.3 Å². The van der Waals surface area contributed by atoms with Crippen LogP contribution in [0.25, 0.3) is 0 Å². The Labute approximate surface area is 127 Å². The predicted molar refractivity (Wildman–Crippen MR) is 78.6 cm³/mol. The molecule has 0 aromatic carbocycles. The molecule has 2 aromatic heterocycles. The molecular formula is C12H14ClN5O2S. The van der Waals surface area contributed by atoms with Gasteiger partial charge in [0, 0.05) is 38.7 Å². The number of rotatable bonds is 3. The van der Waals surface area contributed by atoms with Crippen molar-refractivity contribution in [2.75, 3.05) is 18.9 Å². The maximum absolute atomic E-state index is 12.6. The lowest BCUT2D eigenvalue weighted by atomic mass is 10.4. The van der Waals surface area contributed by atoms with Crippen LogP contribution < -0.4 is 5.32 Å². The molecule has 0 atom stereocenters. The number of fused-ring (bicyclic) bond motifs is 1. The van der Waals surface area contributed by atoms with Gasteiger partial charge in [-0.1, -0.05) is 11.6 Å². The van der Waals surface area contributed by atoms with E-state index in [0.717, 1.165) is 5.82 Å². The number of halogens is 1. The molecule has 0 aliphatic carbocycles. The average Bonchev–Trinajstić information content (AvgIpc) is 2.94. The second kappa shape index (κ2) is 5.28. The summed E-state index contributed by atoms with van der Waals surface area (Å²) in [6, 6.07) is 1.41. The number of imidazole rings is 1. The smallest absolute Gasteiger partial charge is 0.245 e. The highest BCUT2D eigenvalue weighted by molar-refractivity contribution is 7.89. The molecule has 0 saturated heterocycles. The van der Waals surface area contributed by atoms with Crippen molar-refractivity contribution in [1.29, 1.82) is 0 Å². The van der Waals surface area contributed by atoms with Crippen molar-refractivity contribution in [3.63, 3.8) is 0 Å². The molecule has 7 nitrogen and oxygen atoms in total. The number of pyridine rings is 1. The van der Waals surface area contributed by atoms with Crippen LogP contribution in [-0.4, -0.2) is 40.9 Å². The van der Waals surface area contributed by atoms with Crippen LogP contribution in [0.15, 0.2) is 29.6 Å². The third kappa shape index (κ3) is 2.50. The molecular weight excluding hydrogens is 314 g/mol. The molecule has 0 bridgehead atoms. The molecule has 3 rings (SSSR count). The number of nitrogens with one attached hydrogen (secondary N) is 1. The minimum absolute atomic E-state index is 0.0894. The number of hydrogen-bond acceptors (Lipinski definition) is 5. The summed E-state index contributed by atoms with van der Waals surface area (Å²) in [5, 5.41) is 3.07. The highest BCUT2D eigenvalue weighted by atomic mass is 35.5. The number of anilines is 1. The summed E-state index contributed by atoms with van der Waals surface area (Å²) in [6.07, 6.45) is 4.83. The predicted octanol–water partition coefficient (Wildman–Crippen LogP) is 1.18. The minimum atomic E-state index is -3.62. The van der Waals surface area contributed by atoms with E-state index in [4.69, 9.17) is 11.6 Å². The van der Waals surface area contributed by atoms with Gasteiger partial charge in [-0.25, -0.2) is 18.4 Å². The van der Waals surface area contributed by atoms with Crippen LogP contribution in [0.4, 0.5) is 5.82 Å². The van der Waals surface area contributed by atoms with Crippen molar-refractivity contribution in [3.8, 4) is 0 Å². The lowest BCUT2D eigenvalue weighted by molar-refractivity contribution is 0.335. The molecule has 0 fully saturated rings. The van der Waals surface area contributed by atoms with Crippen molar-refractivity contribution in [3.05, 3.63) is 35.5 Å². The van der Waals surface area contributed by atoms with Gasteiger partial charge < -0.3 is 9.88 Å². The summed E-state index contributed by atoms with van der Waals surface area (Å²) < 4.78 is 28.6. The lowest BCUT2D eigenvalue weighted by Gasteiger charge is -2.26. The van der Waals surface area contributed by atoms with E-state index in [-0.39, 0.29) is 16.5 Å². The Morgan fingerprint density at radius 2 is 2.14 bits per heavy atom. The fourth-order valence-corrected chi connectivity index (χ4v) is 3.93. The summed E-state index contributed by atoms with van der Waals surface area (Å²) in [4.78, 5) is 8.28.